The Morgan fingerprint density at radius 1 is 1.10 bits per heavy atom. The van der Waals surface area contributed by atoms with Crippen LogP contribution < -0.4 is 4.74 Å². The van der Waals surface area contributed by atoms with Crippen LogP contribution in [0.5, 0.6) is 5.75 Å². The first-order chi connectivity index (χ1) is 14.9. The summed E-state index contributed by atoms with van der Waals surface area (Å²) in [6.07, 6.45) is 0. The van der Waals surface area contributed by atoms with E-state index in [9.17, 15) is 13.2 Å². The standard InChI is InChI=1S/C23H30N2O5S/c1-19-8-6-7-11-22(19)30-17-12-24(2)23(26)21(25-13-15-29-16-14-25)18-31(27,28)20-9-4-3-5-10-20/h3-11,21H,12-18H2,1-2H3/t21-/m1/s1. The number of likely N-dealkylation sites (N-methyl/N-ethyl adjacent to an activating group) is 1. The van der Waals surface area contributed by atoms with Crippen LogP contribution >= 0.6 is 0 Å². The summed E-state index contributed by atoms with van der Waals surface area (Å²) >= 11 is 0. The molecule has 8 heteroatoms. The molecule has 0 radical (unpaired) electrons. The van der Waals surface area contributed by atoms with Crippen LogP contribution in [0.2, 0.25) is 0 Å². The van der Waals surface area contributed by atoms with E-state index in [0.717, 1.165) is 11.3 Å². The Kier molecular flexibility index (Phi) is 8.06. The molecule has 0 bridgehead atoms. The lowest BCUT2D eigenvalue weighted by atomic mass is 10.2. The fourth-order valence-electron chi connectivity index (χ4n) is 3.53. The molecular weight excluding hydrogens is 416 g/mol. The lowest BCUT2D eigenvalue weighted by Gasteiger charge is -2.35. The van der Waals surface area contributed by atoms with E-state index >= 15 is 0 Å². The maximum absolute atomic E-state index is 13.3. The van der Waals surface area contributed by atoms with Crippen molar-refractivity contribution in [3.8, 4) is 5.75 Å². The molecule has 2 aromatic rings. The maximum Gasteiger partial charge on any atom is 0.240 e. The number of hydrogen-bond donors (Lipinski definition) is 0. The first-order valence-electron chi connectivity index (χ1n) is 10.4. The average Bonchev–Trinajstić information content (AvgIpc) is 2.79. The molecule has 1 saturated heterocycles. The molecule has 7 nitrogen and oxygen atoms in total. The molecular formula is C23H30N2O5S. The molecule has 0 saturated carbocycles. The summed E-state index contributed by atoms with van der Waals surface area (Å²) in [5, 5.41) is 0. The molecule has 1 aliphatic heterocycles. The van der Waals surface area contributed by atoms with E-state index in [1.807, 2.05) is 36.1 Å². The number of ether oxygens (including phenoxy) is 2. The van der Waals surface area contributed by atoms with Crippen molar-refractivity contribution in [2.45, 2.75) is 17.9 Å². The van der Waals surface area contributed by atoms with Crippen molar-refractivity contribution in [1.29, 1.82) is 0 Å². The average molecular weight is 447 g/mol. The summed E-state index contributed by atoms with van der Waals surface area (Å²) in [4.78, 5) is 17.0. The number of morpholine rings is 1. The van der Waals surface area contributed by atoms with Crippen LogP contribution in [0.15, 0.2) is 59.5 Å². The molecule has 0 spiro atoms. The molecule has 0 N–H and O–H groups in total. The monoisotopic (exact) mass is 446 g/mol. The lowest BCUT2D eigenvalue weighted by Crippen LogP contribution is -2.54. The maximum atomic E-state index is 13.3. The molecule has 1 atom stereocenters. The highest BCUT2D eigenvalue weighted by molar-refractivity contribution is 7.91. The molecule has 1 aliphatic rings. The largest absolute Gasteiger partial charge is 0.491 e. The van der Waals surface area contributed by atoms with Crippen LogP contribution in [-0.4, -0.2) is 82.4 Å². The quantitative estimate of drug-likeness (QED) is 0.587. The van der Waals surface area contributed by atoms with E-state index in [1.54, 1.807) is 42.3 Å². The summed E-state index contributed by atoms with van der Waals surface area (Å²) in [7, 11) is -1.93. The number of aryl methyl sites for hydroxylation is 1. The number of carbonyl (C=O) groups excluding carboxylic acids is 1. The summed E-state index contributed by atoms with van der Waals surface area (Å²) < 4.78 is 37.2. The van der Waals surface area contributed by atoms with Gasteiger partial charge in [-0.3, -0.25) is 9.69 Å². The second kappa shape index (κ2) is 10.7. The van der Waals surface area contributed by atoms with E-state index in [1.165, 1.54) is 0 Å². The van der Waals surface area contributed by atoms with Gasteiger partial charge in [-0.15, -0.1) is 0 Å². The normalized spacial score (nSPS) is 15.9. The van der Waals surface area contributed by atoms with Crippen LogP contribution in [0.1, 0.15) is 5.56 Å². The number of carbonyl (C=O) groups is 1. The third-order valence-corrected chi connectivity index (χ3v) is 7.15. The number of benzene rings is 2. The second-order valence-electron chi connectivity index (χ2n) is 7.63. The van der Waals surface area contributed by atoms with Crippen molar-refractivity contribution in [2.75, 3.05) is 52.3 Å². The summed E-state index contributed by atoms with van der Waals surface area (Å²) in [5.74, 6) is 0.285. The highest BCUT2D eigenvalue weighted by atomic mass is 32.2. The van der Waals surface area contributed by atoms with E-state index < -0.39 is 15.9 Å². The molecule has 168 valence electrons. The van der Waals surface area contributed by atoms with Crippen molar-refractivity contribution in [2.24, 2.45) is 0 Å². The van der Waals surface area contributed by atoms with E-state index in [-0.39, 0.29) is 16.6 Å². The van der Waals surface area contributed by atoms with Crippen molar-refractivity contribution >= 4 is 15.7 Å². The molecule has 1 fully saturated rings. The van der Waals surface area contributed by atoms with Crippen LogP contribution in [0, 0.1) is 6.92 Å². The van der Waals surface area contributed by atoms with Gasteiger partial charge in [0.1, 0.15) is 18.4 Å². The predicted molar refractivity (Wildman–Crippen MR) is 119 cm³/mol. The SMILES string of the molecule is Cc1ccccc1OCCN(C)C(=O)[C@@H](CS(=O)(=O)c1ccccc1)N1CCOCC1. The first kappa shape index (κ1) is 23.2. The lowest BCUT2D eigenvalue weighted by molar-refractivity contribution is -0.136. The van der Waals surface area contributed by atoms with Crippen molar-refractivity contribution in [3.63, 3.8) is 0 Å². The number of sulfone groups is 1. The minimum Gasteiger partial charge on any atom is -0.491 e. The summed E-state index contributed by atoms with van der Waals surface area (Å²) in [5.41, 5.74) is 1.02. The van der Waals surface area contributed by atoms with E-state index in [0.29, 0.717) is 39.5 Å². The number of amides is 1. The van der Waals surface area contributed by atoms with Crippen LogP contribution in [0.4, 0.5) is 0 Å². The molecule has 1 amide bonds. The molecule has 31 heavy (non-hydrogen) atoms. The number of para-hydroxylation sites is 1. The van der Waals surface area contributed by atoms with E-state index in [4.69, 9.17) is 9.47 Å². The third kappa shape index (κ3) is 6.29. The van der Waals surface area contributed by atoms with Gasteiger partial charge in [0.25, 0.3) is 0 Å². The van der Waals surface area contributed by atoms with Gasteiger partial charge in [-0.2, -0.15) is 0 Å². The summed E-state index contributed by atoms with van der Waals surface area (Å²) in [6, 6.07) is 15.2. The Morgan fingerprint density at radius 3 is 2.42 bits per heavy atom. The Morgan fingerprint density at radius 2 is 1.74 bits per heavy atom. The third-order valence-electron chi connectivity index (χ3n) is 5.41. The number of rotatable bonds is 9. The number of nitrogens with zero attached hydrogens (tertiary/aromatic N) is 2. The summed E-state index contributed by atoms with van der Waals surface area (Å²) in [6.45, 7) is 4.66. The van der Waals surface area contributed by atoms with Gasteiger partial charge in [-0.05, 0) is 30.7 Å². The fraction of sp³-hybridized carbons (Fsp3) is 0.435. The van der Waals surface area contributed by atoms with E-state index in [2.05, 4.69) is 0 Å². The molecule has 2 aromatic carbocycles. The van der Waals surface area contributed by atoms with Gasteiger partial charge in [0.05, 0.1) is 30.4 Å². The smallest absolute Gasteiger partial charge is 0.240 e. The van der Waals surface area contributed by atoms with Gasteiger partial charge in [-0.1, -0.05) is 36.4 Å². The molecule has 3 rings (SSSR count). The Labute approximate surface area is 184 Å². The molecule has 1 heterocycles. The zero-order valence-electron chi connectivity index (χ0n) is 18.1. The van der Waals surface area contributed by atoms with Crippen molar-refractivity contribution in [3.05, 3.63) is 60.2 Å². The highest BCUT2D eigenvalue weighted by Crippen LogP contribution is 2.18. The topological polar surface area (TPSA) is 76.2 Å². The Balaban J connectivity index is 1.69. The van der Waals surface area contributed by atoms with Gasteiger partial charge in [0.15, 0.2) is 9.84 Å². The van der Waals surface area contributed by atoms with Gasteiger partial charge >= 0.3 is 0 Å². The molecule has 0 unspecified atom stereocenters. The zero-order valence-corrected chi connectivity index (χ0v) is 18.9. The second-order valence-corrected chi connectivity index (χ2v) is 9.67. The van der Waals surface area contributed by atoms with Gasteiger partial charge in [0, 0.05) is 20.1 Å². The molecule has 0 aromatic heterocycles. The number of hydrogen-bond acceptors (Lipinski definition) is 6. The van der Waals surface area contributed by atoms with Crippen LogP contribution in [0.3, 0.4) is 0 Å². The zero-order chi connectivity index (χ0) is 22.3. The highest BCUT2D eigenvalue weighted by Gasteiger charge is 2.34. The van der Waals surface area contributed by atoms with Gasteiger partial charge in [-0.25, -0.2) is 8.42 Å². The van der Waals surface area contributed by atoms with Crippen LogP contribution in [-0.2, 0) is 19.4 Å². The predicted octanol–water partition coefficient (Wildman–Crippen LogP) is 2.01. The minimum atomic E-state index is -3.62. The first-order valence-corrected chi connectivity index (χ1v) is 12.1. The van der Waals surface area contributed by atoms with Crippen LogP contribution in [0.25, 0.3) is 0 Å². The fourth-order valence-corrected chi connectivity index (χ4v) is 5.06. The Bertz CT molecular complexity index is 959. The van der Waals surface area contributed by atoms with Gasteiger partial charge in [0.2, 0.25) is 5.91 Å². The Hall–Kier alpha value is -2.42. The van der Waals surface area contributed by atoms with Gasteiger partial charge < -0.3 is 14.4 Å². The molecule has 0 aliphatic carbocycles. The minimum absolute atomic E-state index is 0.227. The van der Waals surface area contributed by atoms with Crippen molar-refractivity contribution in [1.82, 2.24) is 9.80 Å². The van der Waals surface area contributed by atoms with Crippen molar-refractivity contribution < 1.29 is 22.7 Å².